The number of halogens is 1. The SMILES string of the molecule is Cc1cc(C(NCC2CC2)C(=O)O)ccc1F. The summed E-state index contributed by atoms with van der Waals surface area (Å²) in [5.41, 5.74) is 1.08. The lowest BCUT2D eigenvalue weighted by Crippen LogP contribution is -2.30. The molecular weight excluding hydrogens is 221 g/mol. The van der Waals surface area contributed by atoms with Crippen LogP contribution >= 0.6 is 0 Å². The monoisotopic (exact) mass is 237 g/mol. The lowest BCUT2D eigenvalue weighted by Gasteiger charge is -2.15. The van der Waals surface area contributed by atoms with Gasteiger partial charge in [-0.05, 0) is 49.4 Å². The first-order chi connectivity index (χ1) is 8.08. The molecule has 0 heterocycles. The zero-order valence-electron chi connectivity index (χ0n) is 9.74. The quantitative estimate of drug-likeness (QED) is 0.825. The van der Waals surface area contributed by atoms with Gasteiger partial charge in [-0.3, -0.25) is 4.79 Å². The standard InChI is InChI=1S/C13H16FNO2/c1-8-6-10(4-5-11(8)14)12(13(16)17)15-7-9-2-3-9/h4-6,9,12,15H,2-3,7H2,1H3,(H,16,17). The van der Waals surface area contributed by atoms with Crippen molar-refractivity contribution in [2.24, 2.45) is 5.92 Å². The number of rotatable bonds is 5. The summed E-state index contributed by atoms with van der Waals surface area (Å²) in [6, 6.07) is 3.70. The molecule has 2 rings (SSSR count). The third kappa shape index (κ3) is 3.03. The van der Waals surface area contributed by atoms with Crippen molar-refractivity contribution in [2.75, 3.05) is 6.54 Å². The van der Waals surface area contributed by atoms with E-state index in [9.17, 15) is 9.18 Å². The molecule has 2 N–H and O–H groups in total. The van der Waals surface area contributed by atoms with Gasteiger partial charge < -0.3 is 10.4 Å². The molecule has 92 valence electrons. The van der Waals surface area contributed by atoms with Gasteiger partial charge in [-0.1, -0.05) is 12.1 Å². The summed E-state index contributed by atoms with van der Waals surface area (Å²) in [5, 5.41) is 12.2. The minimum atomic E-state index is -0.920. The molecule has 0 spiro atoms. The second kappa shape index (κ2) is 4.84. The van der Waals surface area contributed by atoms with Crippen molar-refractivity contribution in [3.8, 4) is 0 Å². The Kier molecular flexibility index (Phi) is 3.43. The molecule has 4 heteroatoms. The summed E-state index contributed by atoms with van der Waals surface area (Å²) < 4.78 is 13.1. The van der Waals surface area contributed by atoms with E-state index in [-0.39, 0.29) is 5.82 Å². The molecule has 0 aliphatic heterocycles. The highest BCUT2D eigenvalue weighted by molar-refractivity contribution is 5.75. The largest absolute Gasteiger partial charge is 0.480 e. The van der Waals surface area contributed by atoms with Crippen molar-refractivity contribution in [3.05, 3.63) is 35.1 Å². The Hall–Kier alpha value is -1.42. The summed E-state index contributed by atoms with van der Waals surface area (Å²) in [4.78, 5) is 11.2. The number of aliphatic carboxylic acids is 1. The number of carbonyl (C=O) groups is 1. The molecule has 0 aromatic heterocycles. The molecule has 0 radical (unpaired) electrons. The molecule has 0 bridgehead atoms. The Morgan fingerprint density at radius 2 is 2.29 bits per heavy atom. The van der Waals surface area contributed by atoms with E-state index in [0.717, 1.165) is 0 Å². The molecule has 1 aromatic carbocycles. The van der Waals surface area contributed by atoms with Crippen LogP contribution in [-0.2, 0) is 4.79 Å². The van der Waals surface area contributed by atoms with E-state index >= 15 is 0 Å². The summed E-state index contributed by atoms with van der Waals surface area (Å²) >= 11 is 0. The van der Waals surface area contributed by atoms with E-state index in [0.29, 0.717) is 23.6 Å². The molecule has 1 atom stereocenters. The van der Waals surface area contributed by atoms with E-state index in [1.165, 1.54) is 25.0 Å². The van der Waals surface area contributed by atoms with Crippen LogP contribution in [0.3, 0.4) is 0 Å². The van der Waals surface area contributed by atoms with E-state index in [1.807, 2.05) is 0 Å². The number of aryl methyl sites for hydroxylation is 1. The Labute approximate surface area is 99.7 Å². The topological polar surface area (TPSA) is 49.3 Å². The first-order valence-electron chi connectivity index (χ1n) is 5.80. The smallest absolute Gasteiger partial charge is 0.325 e. The van der Waals surface area contributed by atoms with Gasteiger partial charge in [0.15, 0.2) is 0 Å². The Balaban J connectivity index is 2.12. The number of benzene rings is 1. The van der Waals surface area contributed by atoms with Crippen LogP contribution < -0.4 is 5.32 Å². The van der Waals surface area contributed by atoms with Crippen molar-refractivity contribution in [1.82, 2.24) is 5.32 Å². The summed E-state index contributed by atoms with van der Waals surface area (Å²) in [6.07, 6.45) is 2.34. The highest BCUT2D eigenvalue weighted by Crippen LogP contribution is 2.28. The number of hydrogen-bond acceptors (Lipinski definition) is 2. The molecular formula is C13H16FNO2. The molecule has 1 fully saturated rings. The molecule has 3 nitrogen and oxygen atoms in total. The van der Waals surface area contributed by atoms with Crippen molar-refractivity contribution >= 4 is 5.97 Å². The average Bonchev–Trinajstić information content (AvgIpc) is 3.07. The maximum Gasteiger partial charge on any atom is 0.325 e. The van der Waals surface area contributed by atoms with Crippen molar-refractivity contribution in [2.45, 2.75) is 25.8 Å². The molecule has 0 saturated heterocycles. The Morgan fingerprint density at radius 1 is 1.59 bits per heavy atom. The maximum atomic E-state index is 13.1. The van der Waals surface area contributed by atoms with Crippen LogP contribution in [0, 0.1) is 18.7 Å². The summed E-state index contributed by atoms with van der Waals surface area (Å²) in [5.74, 6) is -0.616. The van der Waals surface area contributed by atoms with Crippen molar-refractivity contribution in [3.63, 3.8) is 0 Å². The summed E-state index contributed by atoms with van der Waals surface area (Å²) in [7, 11) is 0. The van der Waals surface area contributed by atoms with Crippen LogP contribution in [0.5, 0.6) is 0 Å². The van der Waals surface area contributed by atoms with E-state index in [2.05, 4.69) is 5.32 Å². The maximum absolute atomic E-state index is 13.1. The molecule has 1 aliphatic rings. The zero-order valence-corrected chi connectivity index (χ0v) is 9.74. The average molecular weight is 237 g/mol. The Morgan fingerprint density at radius 3 is 2.82 bits per heavy atom. The molecule has 17 heavy (non-hydrogen) atoms. The highest BCUT2D eigenvalue weighted by Gasteiger charge is 2.25. The lowest BCUT2D eigenvalue weighted by molar-refractivity contribution is -0.139. The molecule has 1 aliphatic carbocycles. The number of carboxylic acid groups (broad SMARTS) is 1. The second-order valence-corrected chi connectivity index (χ2v) is 4.63. The van der Waals surface area contributed by atoms with Gasteiger partial charge in [0.1, 0.15) is 11.9 Å². The fourth-order valence-corrected chi connectivity index (χ4v) is 1.80. The van der Waals surface area contributed by atoms with Gasteiger partial charge in [0.2, 0.25) is 0 Å². The van der Waals surface area contributed by atoms with Gasteiger partial charge in [-0.25, -0.2) is 4.39 Å². The first kappa shape index (κ1) is 12.0. The molecule has 1 aromatic rings. The minimum absolute atomic E-state index is 0.305. The van der Waals surface area contributed by atoms with Gasteiger partial charge in [0.05, 0.1) is 0 Å². The highest BCUT2D eigenvalue weighted by atomic mass is 19.1. The van der Waals surface area contributed by atoms with Crippen molar-refractivity contribution in [1.29, 1.82) is 0 Å². The van der Waals surface area contributed by atoms with Crippen LogP contribution in [0.1, 0.15) is 30.0 Å². The number of carboxylic acids is 1. The van der Waals surface area contributed by atoms with Crippen LogP contribution in [-0.4, -0.2) is 17.6 Å². The lowest BCUT2D eigenvalue weighted by atomic mass is 10.0. The van der Waals surface area contributed by atoms with Crippen LogP contribution in [0.15, 0.2) is 18.2 Å². The minimum Gasteiger partial charge on any atom is -0.480 e. The zero-order chi connectivity index (χ0) is 12.4. The van der Waals surface area contributed by atoms with Gasteiger partial charge >= 0.3 is 5.97 Å². The Bertz CT molecular complexity index is 429. The third-order valence-electron chi connectivity index (χ3n) is 3.07. The molecule has 1 saturated carbocycles. The van der Waals surface area contributed by atoms with E-state index < -0.39 is 12.0 Å². The fourth-order valence-electron chi connectivity index (χ4n) is 1.80. The van der Waals surface area contributed by atoms with Gasteiger partial charge in [-0.15, -0.1) is 0 Å². The van der Waals surface area contributed by atoms with Gasteiger partial charge in [0.25, 0.3) is 0 Å². The van der Waals surface area contributed by atoms with E-state index in [4.69, 9.17) is 5.11 Å². The molecule has 0 amide bonds. The predicted octanol–water partition coefficient (Wildman–Crippen LogP) is 2.26. The van der Waals surface area contributed by atoms with E-state index in [1.54, 1.807) is 13.0 Å². The fraction of sp³-hybridized carbons (Fsp3) is 0.462. The normalized spacial score (nSPS) is 16.8. The summed E-state index contributed by atoms with van der Waals surface area (Å²) in [6.45, 7) is 2.35. The van der Waals surface area contributed by atoms with Crippen LogP contribution in [0.25, 0.3) is 0 Å². The second-order valence-electron chi connectivity index (χ2n) is 4.63. The van der Waals surface area contributed by atoms with Crippen LogP contribution in [0.4, 0.5) is 4.39 Å². The third-order valence-corrected chi connectivity index (χ3v) is 3.07. The number of hydrogen-bond donors (Lipinski definition) is 2. The molecule has 1 unspecified atom stereocenters. The van der Waals surface area contributed by atoms with Crippen LogP contribution in [0.2, 0.25) is 0 Å². The van der Waals surface area contributed by atoms with Crippen molar-refractivity contribution < 1.29 is 14.3 Å². The van der Waals surface area contributed by atoms with Gasteiger partial charge in [-0.2, -0.15) is 0 Å². The predicted molar refractivity (Wildman–Crippen MR) is 62.2 cm³/mol. The van der Waals surface area contributed by atoms with Gasteiger partial charge in [0, 0.05) is 0 Å². The first-order valence-corrected chi connectivity index (χ1v) is 5.80. The number of nitrogens with one attached hydrogen (secondary N) is 1.